The summed E-state index contributed by atoms with van der Waals surface area (Å²) in [6, 6.07) is 8.61. The van der Waals surface area contributed by atoms with Gasteiger partial charge in [0.2, 0.25) is 5.91 Å². The number of rotatable bonds is 3. The number of hydrogen-bond donors (Lipinski definition) is 1. The van der Waals surface area contributed by atoms with E-state index in [4.69, 9.17) is 10.5 Å². The fourth-order valence-electron chi connectivity index (χ4n) is 3.14. The number of ether oxygens (including phenoxy) is 1. The molecule has 3 aliphatic heterocycles. The Balaban J connectivity index is 1.50. The minimum Gasteiger partial charge on any atom is -0.459 e. The zero-order valence-corrected chi connectivity index (χ0v) is 13.4. The third kappa shape index (κ3) is 1.99. The van der Waals surface area contributed by atoms with Gasteiger partial charge in [-0.2, -0.15) is 11.8 Å². The average molecular weight is 336 g/mol. The van der Waals surface area contributed by atoms with Crippen LogP contribution in [0.5, 0.6) is 0 Å². The number of esters is 1. The molecule has 7 heteroatoms. The number of thioether (sulfide) groups is 2. The lowest BCUT2D eigenvalue weighted by atomic mass is 9.95. The monoisotopic (exact) mass is 336 g/mol. The fourth-order valence-corrected chi connectivity index (χ4v) is 6.53. The minimum absolute atomic E-state index is 0.0670. The highest BCUT2D eigenvalue weighted by molar-refractivity contribution is 8.08. The molecule has 1 aromatic rings. The molecule has 116 valence electrons. The predicted molar refractivity (Wildman–Crippen MR) is 86.3 cm³/mol. The van der Waals surface area contributed by atoms with E-state index < -0.39 is 12.1 Å². The van der Waals surface area contributed by atoms with Gasteiger partial charge in [0.1, 0.15) is 24.1 Å². The van der Waals surface area contributed by atoms with Gasteiger partial charge in [0.15, 0.2) is 0 Å². The van der Waals surface area contributed by atoms with Crippen LogP contribution < -0.4 is 5.73 Å². The zero-order valence-electron chi connectivity index (χ0n) is 11.8. The average Bonchev–Trinajstić information content (AvgIpc) is 2.86. The predicted octanol–water partition coefficient (Wildman–Crippen LogP) is 0.826. The van der Waals surface area contributed by atoms with Gasteiger partial charge in [-0.05, 0) is 5.56 Å². The van der Waals surface area contributed by atoms with Crippen LogP contribution in [0, 0.1) is 0 Å². The topological polar surface area (TPSA) is 72.6 Å². The van der Waals surface area contributed by atoms with Crippen molar-refractivity contribution in [2.24, 2.45) is 5.73 Å². The van der Waals surface area contributed by atoms with Crippen molar-refractivity contribution in [2.75, 3.05) is 11.5 Å². The van der Waals surface area contributed by atoms with Crippen molar-refractivity contribution >= 4 is 35.4 Å². The maximum atomic E-state index is 12.6. The molecule has 1 aromatic carbocycles. The van der Waals surface area contributed by atoms with E-state index in [1.807, 2.05) is 30.3 Å². The molecule has 3 atom stereocenters. The van der Waals surface area contributed by atoms with E-state index in [0.29, 0.717) is 0 Å². The highest BCUT2D eigenvalue weighted by atomic mass is 32.2. The molecule has 2 unspecified atom stereocenters. The van der Waals surface area contributed by atoms with Crippen molar-refractivity contribution < 1.29 is 14.3 Å². The molecule has 3 saturated heterocycles. The minimum atomic E-state index is -0.486. The molecule has 0 saturated carbocycles. The Morgan fingerprint density at radius 1 is 1.36 bits per heavy atom. The molecule has 3 aliphatic rings. The lowest BCUT2D eigenvalue weighted by Crippen LogP contribution is -2.69. The fraction of sp³-hybridized carbons (Fsp3) is 0.467. The van der Waals surface area contributed by atoms with Crippen molar-refractivity contribution in [3.8, 4) is 0 Å². The molecule has 22 heavy (non-hydrogen) atoms. The first-order valence-electron chi connectivity index (χ1n) is 7.16. The van der Waals surface area contributed by atoms with Crippen LogP contribution in [0.3, 0.4) is 0 Å². The van der Waals surface area contributed by atoms with E-state index in [0.717, 1.165) is 17.1 Å². The highest BCUT2D eigenvalue weighted by Crippen LogP contribution is 2.57. The van der Waals surface area contributed by atoms with Gasteiger partial charge in [-0.15, -0.1) is 11.8 Å². The Labute approximate surface area is 136 Å². The summed E-state index contributed by atoms with van der Waals surface area (Å²) < 4.78 is 5.28. The maximum Gasteiger partial charge on any atom is 0.330 e. The van der Waals surface area contributed by atoms with Crippen molar-refractivity contribution in [3.05, 3.63) is 35.9 Å². The molecular weight excluding hydrogens is 320 g/mol. The van der Waals surface area contributed by atoms with Crippen LogP contribution in [-0.2, 0) is 20.9 Å². The second-order valence-corrected chi connectivity index (χ2v) is 8.35. The number of hydrogen-bond acceptors (Lipinski definition) is 6. The Hall–Kier alpha value is -1.18. The van der Waals surface area contributed by atoms with Gasteiger partial charge in [0.25, 0.3) is 0 Å². The van der Waals surface area contributed by atoms with Gasteiger partial charge < -0.3 is 15.4 Å². The van der Waals surface area contributed by atoms with E-state index in [1.165, 1.54) is 0 Å². The smallest absolute Gasteiger partial charge is 0.330 e. The lowest BCUT2D eigenvalue weighted by Gasteiger charge is -2.43. The molecular formula is C15H16N2O3S2. The number of nitrogens with zero attached hydrogens (tertiary/aromatic N) is 1. The third-order valence-corrected chi connectivity index (χ3v) is 7.94. The standard InChI is InChI=1S/C15H16N2O3S2/c16-10-12(18)17-11(15(7-21-8-15)22-13(10)17)14(19)20-6-9-4-2-1-3-5-9/h1-5,10-11,13H,6-8,16H2/t10?,11?,13-/m0/s1. The van der Waals surface area contributed by atoms with Gasteiger partial charge >= 0.3 is 5.97 Å². The molecule has 0 bridgehead atoms. The molecule has 3 heterocycles. The molecule has 5 nitrogen and oxygen atoms in total. The third-order valence-electron chi connectivity index (χ3n) is 4.39. The summed E-state index contributed by atoms with van der Waals surface area (Å²) in [4.78, 5) is 26.3. The number of β-lactam (4-membered cyclic amide) rings is 1. The summed E-state index contributed by atoms with van der Waals surface area (Å²) in [6.45, 7) is 0.239. The largest absolute Gasteiger partial charge is 0.459 e. The molecule has 3 fully saturated rings. The van der Waals surface area contributed by atoms with Crippen LogP contribution in [0.1, 0.15) is 5.56 Å². The van der Waals surface area contributed by atoms with Gasteiger partial charge in [-0.1, -0.05) is 30.3 Å². The van der Waals surface area contributed by atoms with Gasteiger partial charge in [0.05, 0.1) is 4.75 Å². The van der Waals surface area contributed by atoms with Crippen LogP contribution in [0.15, 0.2) is 30.3 Å². The van der Waals surface area contributed by atoms with Crippen molar-refractivity contribution in [2.45, 2.75) is 28.8 Å². The number of carbonyl (C=O) groups excluding carboxylic acids is 2. The highest BCUT2D eigenvalue weighted by Gasteiger charge is 2.68. The maximum absolute atomic E-state index is 12.6. The van der Waals surface area contributed by atoms with E-state index in [-0.39, 0.29) is 28.6 Å². The van der Waals surface area contributed by atoms with E-state index >= 15 is 0 Å². The van der Waals surface area contributed by atoms with E-state index in [9.17, 15) is 9.59 Å². The summed E-state index contributed by atoms with van der Waals surface area (Å²) in [6.07, 6.45) is 0. The van der Waals surface area contributed by atoms with Gasteiger partial charge in [0, 0.05) is 11.5 Å². The molecule has 0 aromatic heterocycles. The first-order valence-corrected chi connectivity index (χ1v) is 9.20. The van der Waals surface area contributed by atoms with E-state index in [1.54, 1.807) is 28.4 Å². The van der Waals surface area contributed by atoms with Crippen LogP contribution in [0.2, 0.25) is 0 Å². The number of amides is 1. The van der Waals surface area contributed by atoms with Crippen molar-refractivity contribution in [1.29, 1.82) is 0 Å². The Bertz CT molecular complexity index is 620. The summed E-state index contributed by atoms with van der Waals surface area (Å²) in [5.74, 6) is 1.30. The normalized spacial score (nSPS) is 31.4. The van der Waals surface area contributed by atoms with Crippen LogP contribution in [0.4, 0.5) is 0 Å². The zero-order chi connectivity index (χ0) is 15.3. The summed E-state index contributed by atoms with van der Waals surface area (Å²) >= 11 is 3.47. The Kier molecular flexibility index (Phi) is 3.39. The molecule has 1 amide bonds. The van der Waals surface area contributed by atoms with Gasteiger partial charge in [-0.25, -0.2) is 4.79 Å². The van der Waals surface area contributed by atoms with Crippen LogP contribution >= 0.6 is 23.5 Å². The summed E-state index contributed by atoms with van der Waals surface area (Å²) in [7, 11) is 0. The Morgan fingerprint density at radius 2 is 2.09 bits per heavy atom. The number of fused-ring (bicyclic) bond motifs is 1. The first-order chi connectivity index (χ1) is 10.6. The summed E-state index contributed by atoms with van der Waals surface area (Å²) in [5, 5.41) is -0.0670. The van der Waals surface area contributed by atoms with Crippen LogP contribution in [0.25, 0.3) is 0 Å². The SMILES string of the molecule is NC1C(=O)N2C(C(=O)OCc3ccccc3)C3(CSC3)S[C@@H]12. The Morgan fingerprint density at radius 3 is 2.73 bits per heavy atom. The molecule has 4 rings (SSSR count). The van der Waals surface area contributed by atoms with E-state index in [2.05, 4.69) is 0 Å². The van der Waals surface area contributed by atoms with Crippen molar-refractivity contribution in [1.82, 2.24) is 4.90 Å². The second kappa shape index (κ2) is 5.18. The van der Waals surface area contributed by atoms with Crippen LogP contribution in [-0.4, -0.2) is 50.5 Å². The quantitative estimate of drug-likeness (QED) is 0.651. The van der Waals surface area contributed by atoms with Crippen molar-refractivity contribution in [3.63, 3.8) is 0 Å². The number of carbonyl (C=O) groups is 2. The van der Waals surface area contributed by atoms with Gasteiger partial charge in [-0.3, -0.25) is 4.79 Å². The second-order valence-electron chi connectivity index (χ2n) is 5.83. The first kappa shape index (κ1) is 14.4. The molecule has 1 spiro atoms. The number of nitrogens with two attached hydrogens (primary N) is 1. The molecule has 0 radical (unpaired) electrons. The lowest BCUT2D eigenvalue weighted by molar-refractivity contribution is -0.163. The number of benzene rings is 1. The summed E-state index contributed by atoms with van der Waals surface area (Å²) in [5.41, 5.74) is 6.81. The molecule has 0 aliphatic carbocycles. The molecule has 2 N–H and O–H groups in total.